The summed E-state index contributed by atoms with van der Waals surface area (Å²) in [5.74, 6) is 0.722. The van der Waals surface area contributed by atoms with E-state index in [1.165, 1.54) is 6.42 Å². The van der Waals surface area contributed by atoms with Gasteiger partial charge in [0.2, 0.25) is 0 Å². The lowest BCUT2D eigenvalue weighted by Gasteiger charge is -2.50. The number of ether oxygens (including phenoxy) is 2. The zero-order chi connectivity index (χ0) is 18.0. The fourth-order valence-electron chi connectivity index (χ4n) is 6.82. The van der Waals surface area contributed by atoms with Crippen LogP contribution in [-0.4, -0.2) is 29.7 Å². The first-order valence-corrected chi connectivity index (χ1v) is 10.3. The Bertz CT molecular complexity index is 726. The summed E-state index contributed by atoms with van der Waals surface area (Å²) in [6.07, 6.45) is 10.7. The van der Waals surface area contributed by atoms with E-state index in [1.807, 2.05) is 0 Å². The molecule has 1 saturated carbocycles. The number of allylic oxidation sites excluding steroid dienone is 3. The zero-order valence-corrected chi connectivity index (χ0v) is 15.7. The monoisotopic (exact) mass is 355 g/mol. The molecule has 0 aromatic heterocycles. The highest BCUT2D eigenvalue weighted by Gasteiger charge is 2.60. The first kappa shape index (κ1) is 17.0. The van der Waals surface area contributed by atoms with Gasteiger partial charge in [0.15, 0.2) is 5.79 Å². The largest absolute Gasteiger partial charge is 0.388 e. The molecule has 4 atom stereocenters. The molecular weight excluding hydrogens is 326 g/mol. The van der Waals surface area contributed by atoms with Gasteiger partial charge in [-0.1, -0.05) is 18.6 Å². The Morgan fingerprint density at radius 2 is 2.04 bits per heavy atom. The quantitative estimate of drug-likeness (QED) is 0.772. The fourth-order valence-corrected chi connectivity index (χ4v) is 6.82. The Morgan fingerprint density at radius 3 is 2.81 bits per heavy atom. The van der Waals surface area contributed by atoms with Gasteiger partial charge in [-0.2, -0.15) is 5.26 Å². The molecule has 2 fully saturated rings. The summed E-state index contributed by atoms with van der Waals surface area (Å²) in [6.45, 7) is 3.69. The number of nitriles is 1. The van der Waals surface area contributed by atoms with Crippen LogP contribution in [0.4, 0.5) is 0 Å². The van der Waals surface area contributed by atoms with E-state index < -0.39 is 5.60 Å². The van der Waals surface area contributed by atoms with E-state index >= 15 is 0 Å². The zero-order valence-electron chi connectivity index (χ0n) is 15.7. The van der Waals surface area contributed by atoms with Gasteiger partial charge in [-0.15, -0.1) is 0 Å². The lowest BCUT2D eigenvalue weighted by molar-refractivity contribution is -0.164. The molecule has 0 amide bonds. The molecule has 0 aromatic rings. The molecule has 4 heteroatoms. The van der Waals surface area contributed by atoms with Crippen LogP contribution >= 0.6 is 0 Å². The third-order valence-electron chi connectivity index (χ3n) is 8.34. The van der Waals surface area contributed by atoms with Crippen LogP contribution in [-0.2, 0) is 9.47 Å². The molecule has 1 heterocycles. The predicted molar refractivity (Wildman–Crippen MR) is 96.9 cm³/mol. The van der Waals surface area contributed by atoms with E-state index in [4.69, 9.17) is 9.47 Å². The lowest BCUT2D eigenvalue weighted by Crippen LogP contribution is -2.49. The standard InChI is InChI=1S/C22H29NO3/c1-20-7-4-17-16-5-9-22(25-12-13-26-22)14-15(16)2-3-18(17)19(20)6-8-21(20,24)10-11-23/h4,18-19,24H,2-3,5-10,12-14H2,1H3. The van der Waals surface area contributed by atoms with Crippen molar-refractivity contribution in [3.8, 4) is 6.07 Å². The van der Waals surface area contributed by atoms with Gasteiger partial charge in [0.1, 0.15) is 0 Å². The summed E-state index contributed by atoms with van der Waals surface area (Å²) in [5, 5.41) is 20.4. The molecule has 0 aromatic carbocycles. The van der Waals surface area contributed by atoms with E-state index in [9.17, 15) is 10.4 Å². The summed E-state index contributed by atoms with van der Waals surface area (Å²) in [7, 11) is 0. The molecule has 5 aliphatic rings. The van der Waals surface area contributed by atoms with E-state index in [0.717, 1.165) is 58.2 Å². The maximum atomic E-state index is 11.2. The minimum atomic E-state index is -0.814. The molecular formula is C22H29NO3. The normalized spacial score (nSPS) is 43.5. The van der Waals surface area contributed by atoms with Gasteiger partial charge in [-0.25, -0.2) is 0 Å². The Morgan fingerprint density at radius 1 is 1.23 bits per heavy atom. The average Bonchev–Trinajstić information content (AvgIpc) is 3.18. The van der Waals surface area contributed by atoms with Gasteiger partial charge in [0.25, 0.3) is 0 Å². The fraction of sp³-hybridized carbons (Fsp3) is 0.773. The Balaban J connectivity index is 1.47. The van der Waals surface area contributed by atoms with E-state index in [1.54, 1.807) is 16.7 Å². The van der Waals surface area contributed by atoms with Gasteiger partial charge >= 0.3 is 0 Å². The van der Waals surface area contributed by atoms with E-state index in [-0.39, 0.29) is 17.6 Å². The number of hydrogen-bond donors (Lipinski definition) is 1. The second-order valence-corrected chi connectivity index (χ2v) is 9.30. The second-order valence-electron chi connectivity index (χ2n) is 9.30. The highest BCUT2D eigenvalue weighted by molar-refractivity contribution is 5.45. The maximum absolute atomic E-state index is 11.2. The molecule has 1 aliphatic heterocycles. The third-order valence-corrected chi connectivity index (χ3v) is 8.34. The van der Waals surface area contributed by atoms with Crippen LogP contribution in [0.1, 0.15) is 64.7 Å². The lowest BCUT2D eigenvalue weighted by atomic mass is 9.56. The van der Waals surface area contributed by atoms with Crippen molar-refractivity contribution in [1.29, 1.82) is 5.26 Å². The van der Waals surface area contributed by atoms with Crippen molar-refractivity contribution in [1.82, 2.24) is 0 Å². The SMILES string of the molecule is CC12CC=C3C4=C(CCC3C1CCC2(O)CC#N)CC1(CC4)OCCO1. The molecule has 1 saturated heterocycles. The maximum Gasteiger partial charge on any atom is 0.172 e. The molecule has 0 bridgehead atoms. The van der Waals surface area contributed by atoms with Gasteiger partial charge < -0.3 is 14.6 Å². The van der Waals surface area contributed by atoms with Crippen molar-refractivity contribution in [2.45, 2.75) is 76.1 Å². The number of rotatable bonds is 1. The molecule has 4 aliphatic carbocycles. The van der Waals surface area contributed by atoms with Gasteiger partial charge in [0, 0.05) is 18.3 Å². The predicted octanol–water partition coefficient (Wildman–Crippen LogP) is 4.01. The highest BCUT2D eigenvalue weighted by Crippen LogP contribution is 2.63. The minimum Gasteiger partial charge on any atom is -0.388 e. The van der Waals surface area contributed by atoms with Gasteiger partial charge in [-0.3, -0.25) is 0 Å². The molecule has 4 nitrogen and oxygen atoms in total. The van der Waals surface area contributed by atoms with Crippen LogP contribution in [0.15, 0.2) is 22.8 Å². The van der Waals surface area contributed by atoms with Crippen LogP contribution in [0.2, 0.25) is 0 Å². The smallest absolute Gasteiger partial charge is 0.172 e. The molecule has 26 heavy (non-hydrogen) atoms. The van der Waals surface area contributed by atoms with Crippen LogP contribution in [0.25, 0.3) is 0 Å². The van der Waals surface area contributed by atoms with E-state index in [2.05, 4.69) is 19.1 Å². The summed E-state index contributed by atoms with van der Waals surface area (Å²) in [5.41, 5.74) is 3.72. The minimum absolute atomic E-state index is 0.150. The Labute approximate surface area is 155 Å². The molecule has 1 N–H and O–H groups in total. The van der Waals surface area contributed by atoms with Crippen LogP contribution < -0.4 is 0 Å². The second kappa shape index (κ2) is 5.67. The summed E-state index contributed by atoms with van der Waals surface area (Å²) in [4.78, 5) is 0. The van der Waals surface area contributed by atoms with Crippen LogP contribution in [0.5, 0.6) is 0 Å². The van der Waals surface area contributed by atoms with Crippen molar-refractivity contribution in [3.63, 3.8) is 0 Å². The Kier molecular flexibility index (Phi) is 3.71. The first-order valence-electron chi connectivity index (χ1n) is 10.3. The van der Waals surface area contributed by atoms with Crippen LogP contribution in [0.3, 0.4) is 0 Å². The van der Waals surface area contributed by atoms with Crippen molar-refractivity contribution in [3.05, 3.63) is 22.8 Å². The first-order chi connectivity index (χ1) is 12.5. The average molecular weight is 355 g/mol. The summed E-state index contributed by atoms with van der Waals surface area (Å²) >= 11 is 0. The van der Waals surface area contributed by atoms with E-state index in [0.29, 0.717) is 11.8 Å². The number of fused-ring (bicyclic) bond motifs is 4. The topological polar surface area (TPSA) is 62.5 Å². The Hall–Kier alpha value is -1.15. The van der Waals surface area contributed by atoms with Crippen molar-refractivity contribution < 1.29 is 14.6 Å². The third kappa shape index (κ3) is 2.17. The molecule has 5 rings (SSSR count). The molecule has 140 valence electrons. The number of hydrogen-bond acceptors (Lipinski definition) is 4. The van der Waals surface area contributed by atoms with Crippen LogP contribution in [0, 0.1) is 28.6 Å². The van der Waals surface area contributed by atoms with Gasteiger partial charge in [-0.05, 0) is 61.5 Å². The highest BCUT2D eigenvalue weighted by atomic mass is 16.7. The van der Waals surface area contributed by atoms with Crippen molar-refractivity contribution >= 4 is 0 Å². The number of nitrogens with zero attached hydrogens (tertiary/aromatic N) is 1. The van der Waals surface area contributed by atoms with Crippen molar-refractivity contribution in [2.75, 3.05) is 13.2 Å². The van der Waals surface area contributed by atoms with Crippen molar-refractivity contribution in [2.24, 2.45) is 17.3 Å². The molecule has 1 spiro atoms. The summed E-state index contributed by atoms with van der Waals surface area (Å²) < 4.78 is 11.9. The summed E-state index contributed by atoms with van der Waals surface area (Å²) in [6, 6.07) is 2.25. The molecule has 0 radical (unpaired) electrons. The van der Waals surface area contributed by atoms with Gasteiger partial charge in [0.05, 0.1) is 31.3 Å². The number of aliphatic hydroxyl groups is 1. The molecule has 4 unspecified atom stereocenters.